The molecule has 0 fully saturated rings. The average molecular weight is 590 g/mol. The molecule has 0 spiro atoms. The van der Waals surface area contributed by atoms with E-state index in [1.807, 2.05) is 44.2 Å². The number of carbonyl (C=O) groups is 2. The highest BCUT2D eigenvalue weighted by Gasteiger charge is 2.23. The number of hydrogen-bond donors (Lipinski definition) is 1. The Kier molecular flexibility index (Phi) is 12.4. The second-order valence-corrected chi connectivity index (χ2v) is 10.7. The summed E-state index contributed by atoms with van der Waals surface area (Å²) in [5.74, 6) is -0.698. The molecule has 0 saturated carbocycles. The summed E-state index contributed by atoms with van der Waals surface area (Å²) in [5, 5.41) is 2.47. The third kappa shape index (κ3) is 9.72. The molecule has 3 rings (SSSR count). The quantitative estimate of drug-likeness (QED) is 0.224. The smallest absolute Gasteiger partial charge is 0.322 e. The number of thiophene rings is 1. The summed E-state index contributed by atoms with van der Waals surface area (Å²) < 4.78 is 43.7. The Morgan fingerprint density at radius 2 is 1.73 bits per heavy atom. The molecule has 3 amide bonds. The summed E-state index contributed by atoms with van der Waals surface area (Å²) in [6.07, 6.45) is 1.03. The first-order valence-electron chi connectivity index (χ1n) is 13.4. The molecule has 0 aliphatic heterocycles. The van der Waals surface area contributed by atoms with Gasteiger partial charge in [0.25, 0.3) is 0 Å². The first-order chi connectivity index (χ1) is 19.7. The van der Waals surface area contributed by atoms with Crippen molar-refractivity contribution in [3.05, 3.63) is 75.5 Å². The highest BCUT2D eigenvalue weighted by atomic mass is 32.1. The number of urea groups is 1. The van der Waals surface area contributed by atoms with Gasteiger partial charge in [0.15, 0.2) is 11.5 Å². The van der Waals surface area contributed by atoms with Crippen molar-refractivity contribution in [2.24, 2.45) is 0 Å². The van der Waals surface area contributed by atoms with Crippen LogP contribution in [-0.2, 0) is 22.5 Å². The third-order valence-corrected chi connectivity index (χ3v) is 7.31. The average Bonchev–Trinajstić information content (AvgIpc) is 3.38. The van der Waals surface area contributed by atoms with Gasteiger partial charge in [-0.15, -0.1) is 11.3 Å². The predicted molar refractivity (Wildman–Crippen MR) is 156 cm³/mol. The van der Waals surface area contributed by atoms with E-state index in [9.17, 15) is 18.4 Å². The van der Waals surface area contributed by atoms with E-state index in [2.05, 4.69) is 5.32 Å². The molecule has 1 heterocycles. The molecule has 0 aliphatic rings. The number of halogens is 2. The summed E-state index contributed by atoms with van der Waals surface area (Å²) in [4.78, 5) is 32.0. The fourth-order valence-corrected chi connectivity index (χ4v) is 5.06. The Morgan fingerprint density at radius 3 is 2.39 bits per heavy atom. The fraction of sp³-hybridized carbons (Fsp3) is 0.400. The van der Waals surface area contributed by atoms with Crippen molar-refractivity contribution in [3.8, 4) is 11.5 Å². The van der Waals surface area contributed by atoms with E-state index in [4.69, 9.17) is 14.2 Å². The largest absolute Gasteiger partial charge is 0.493 e. The van der Waals surface area contributed by atoms with Crippen LogP contribution >= 0.6 is 11.3 Å². The maximum Gasteiger partial charge on any atom is 0.322 e. The minimum absolute atomic E-state index is 0.168. The van der Waals surface area contributed by atoms with E-state index in [1.165, 1.54) is 4.90 Å². The van der Waals surface area contributed by atoms with Crippen LogP contribution < -0.4 is 14.8 Å². The third-order valence-electron chi connectivity index (χ3n) is 6.32. The van der Waals surface area contributed by atoms with Crippen LogP contribution in [0, 0.1) is 18.6 Å². The summed E-state index contributed by atoms with van der Waals surface area (Å²) >= 11 is 1.60. The van der Waals surface area contributed by atoms with Crippen LogP contribution in [0.25, 0.3) is 0 Å². The van der Waals surface area contributed by atoms with Crippen molar-refractivity contribution < 1.29 is 32.6 Å². The van der Waals surface area contributed by atoms with Crippen molar-refractivity contribution in [3.63, 3.8) is 0 Å². The molecule has 2 aromatic carbocycles. The van der Waals surface area contributed by atoms with Gasteiger partial charge in [0, 0.05) is 42.1 Å². The summed E-state index contributed by atoms with van der Waals surface area (Å²) in [6.45, 7) is 5.56. The highest BCUT2D eigenvalue weighted by Crippen LogP contribution is 2.28. The number of ether oxygens (including phenoxy) is 3. The molecule has 0 radical (unpaired) electrons. The lowest BCUT2D eigenvalue weighted by molar-refractivity contribution is -0.132. The Bertz CT molecular complexity index is 1300. The minimum atomic E-state index is -0.899. The molecule has 0 aliphatic carbocycles. The number of aryl methyl sites for hydroxylation is 1. The van der Waals surface area contributed by atoms with Gasteiger partial charge >= 0.3 is 6.03 Å². The number of hydrogen-bond acceptors (Lipinski definition) is 6. The van der Waals surface area contributed by atoms with Crippen molar-refractivity contribution in [1.82, 2.24) is 9.80 Å². The molecule has 0 unspecified atom stereocenters. The molecule has 222 valence electrons. The fourth-order valence-electron chi connectivity index (χ4n) is 4.15. The summed E-state index contributed by atoms with van der Waals surface area (Å²) in [5.41, 5.74) is 0.791. The van der Waals surface area contributed by atoms with Crippen molar-refractivity contribution in [2.75, 3.05) is 52.4 Å². The Morgan fingerprint density at radius 1 is 0.951 bits per heavy atom. The molecule has 1 aromatic heterocycles. The first-order valence-corrected chi connectivity index (χ1v) is 14.2. The van der Waals surface area contributed by atoms with Gasteiger partial charge in [-0.1, -0.05) is 6.07 Å². The number of nitrogens with zero attached hydrogens (tertiary/aromatic N) is 2. The van der Waals surface area contributed by atoms with E-state index in [0.29, 0.717) is 56.7 Å². The van der Waals surface area contributed by atoms with E-state index < -0.39 is 17.7 Å². The lowest BCUT2D eigenvalue weighted by Crippen LogP contribution is -2.45. The van der Waals surface area contributed by atoms with Crippen LogP contribution in [-0.4, -0.2) is 68.8 Å². The van der Waals surface area contributed by atoms with Gasteiger partial charge in [0.1, 0.15) is 18.2 Å². The molecule has 41 heavy (non-hydrogen) atoms. The van der Waals surface area contributed by atoms with Crippen LogP contribution in [0.4, 0.5) is 19.3 Å². The zero-order valence-corrected chi connectivity index (χ0v) is 24.7. The molecule has 8 nitrogen and oxygen atoms in total. The zero-order chi connectivity index (χ0) is 29.8. The Hall–Kier alpha value is -3.70. The number of methoxy groups -OCH3 is 2. The van der Waals surface area contributed by atoms with E-state index in [0.717, 1.165) is 27.5 Å². The lowest BCUT2D eigenvalue weighted by Gasteiger charge is -2.28. The minimum Gasteiger partial charge on any atom is -0.493 e. The van der Waals surface area contributed by atoms with Gasteiger partial charge < -0.3 is 29.3 Å². The van der Waals surface area contributed by atoms with Gasteiger partial charge in [-0.25, -0.2) is 13.6 Å². The number of carbonyl (C=O) groups excluding carboxylic acids is 2. The molecular weight excluding hydrogens is 552 g/mol. The van der Waals surface area contributed by atoms with Gasteiger partial charge in [-0.05, 0) is 68.7 Å². The maximum atomic E-state index is 14.2. The number of nitrogens with one attached hydrogen (secondary N) is 1. The van der Waals surface area contributed by atoms with Crippen molar-refractivity contribution in [1.29, 1.82) is 0 Å². The van der Waals surface area contributed by atoms with E-state index in [1.54, 1.807) is 30.5 Å². The maximum absolute atomic E-state index is 14.2. The van der Waals surface area contributed by atoms with Crippen LogP contribution in [0.3, 0.4) is 0 Å². The van der Waals surface area contributed by atoms with Crippen molar-refractivity contribution >= 4 is 29.0 Å². The van der Waals surface area contributed by atoms with Gasteiger partial charge in [0.2, 0.25) is 5.91 Å². The second-order valence-electron chi connectivity index (χ2n) is 9.29. The zero-order valence-electron chi connectivity index (χ0n) is 23.9. The molecule has 11 heteroatoms. The van der Waals surface area contributed by atoms with Crippen molar-refractivity contribution in [2.45, 2.75) is 33.2 Å². The molecule has 0 bridgehead atoms. The normalized spacial score (nSPS) is 10.8. The number of benzene rings is 2. The van der Waals surface area contributed by atoms with Gasteiger partial charge in [-0.2, -0.15) is 0 Å². The molecule has 1 N–H and O–H groups in total. The molecule has 0 saturated heterocycles. The predicted octanol–water partition coefficient (Wildman–Crippen LogP) is 5.88. The first kappa shape index (κ1) is 31.8. The monoisotopic (exact) mass is 589 g/mol. The standard InChI is InChI=1S/C30H37F2N3O5S/c1-5-40-16-6-14-35(30(37)33-26-11-9-23(31)18-25(26)32)20-29(36)34(19-24-10-7-21(2)41-24)15-13-22-8-12-27(38-3)28(17-22)39-4/h7-12,17-18H,5-6,13-16,19-20H2,1-4H3,(H,33,37). The van der Waals surface area contributed by atoms with Crippen LogP contribution in [0.5, 0.6) is 11.5 Å². The Balaban J connectivity index is 1.78. The molecular formula is C30H37F2N3O5S. The molecule has 3 aromatic rings. The highest BCUT2D eigenvalue weighted by molar-refractivity contribution is 7.11. The topological polar surface area (TPSA) is 80.3 Å². The van der Waals surface area contributed by atoms with Gasteiger partial charge in [0.05, 0.1) is 26.5 Å². The summed E-state index contributed by atoms with van der Waals surface area (Å²) in [7, 11) is 3.14. The number of amides is 3. The SMILES string of the molecule is CCOCCCN(CC(=O)N(CCc1ccc(OC)c(OC)c1)Cc1ccc(C)s1)C(=O)Nc1ccc(F)cc1F. The van der Waals surface area contributed by atoms with E-state index in [-0.39, 0.29) is 24.7 Å². The number of rotatable bonds is 15. The Labute approximate surface area is 243 Å². The van der Waals surface area contributed by atoms with Crippen LogP contribution in [0.15, 0.2) is 48.5 Å². The van der Waals surface area contributed by atoms with Crippen LogP contribution in [0.1, 0.15) is 28.7 Å². The summed E-state index contributed by atoms with van der Waals surface area (Å²) in [6, 6.07) is 11.8. The van der Waals surface area contributed by atoms with E-state index >= 15 is 0 Å². The second kappa shape index (κ2) is 15.9. The van der Waals surface area contributed by atoms with Crippen LogP contribution in [0.2, 0.25) is 0 Å². The molecule has 0 atom stereocenters. The number of anilines is 1. The lowest BCUT2D eigenvalue weighted by atomic mass is 10.1. The van der Waals surface area contributed by atoms with Gasteiger partial charge in [-0.3, -0.25) is 4.79 Å².